The maximum absolute atomic E-state index is 14.5. The number of sulfonamides is 1. The number of anilines is 1. The molecule has 0 aromatic heterocycles. The first-order valence-corrected chi connectivity index (χ1v) is 15.8. The van der Waals surface area contributed by atoms with Gasteiger partial charge in [-0.3, -0.25) is 13.9 Å². The van der Waals surface area contributed by atoms with E-state index in [1.165, 1.54) is 18.2 Å². The van der Waals surface area contributed by atoms with E-state index in [4.69, 9.17) is 0 Å². The molecule has 0 radical (unpaired) electrons. The molecule has 7 nitrogen and oxygen atoms in total. The highest BCUT2D eigenvalue weighted by Gasteiger charge is 2.31. The van der Waals surface area contributed by atoms with Gasteiger partial charge in [0.15, 0.2) is 0 Å². The van der Waals surface area contributed by atoms with Crippen LogP contribution in [-0.2, 0) is 32.6 Å². The minimum Gasteiger partial charge on any atom is -0.354 e. The summed E-state index contributed by atoms with van der Waals surface area (Å²) in [5, 5.41) is 3.00. The molecule has 1 atom stereocenters. The number of carbonyl (C=O) groups is 2. The Bertz CT molecular complexity index is 1400. The molecule has 0 aliphatic carbocycles. The average Bonchev–Trinajstić information content (AvgIpc) is 2.94. The normalized spacial score (nSPS) is 12.0. The third-order valence-corrected chi connectivity index (χ3v) is 8.16. The summed E-state index contributed by atoms with van der Waals surface area (Å²) < 4.78 is 40.5. The third kappa shape index (κ3) is 9.42. The predicted octanol–water partition coefficient (Wildman–Crippen LogP) is 5.24. The van der Waals surface area contributed by atoms with Gasteiger partial charge in [0.1, 0.15) is 11.9 Å². The molecular formula is C32H40FN3O4S. The highest BCUT2D eigenvalue weighted by Crippen LogP contribution is 2.23. The van der Waals surface area contributed by atoms with Gasteiger partial charge in [-0.05, 0) is 48.6 Å². The smallest absolute Gasteiger partial charge is 0.243 e. The Balaban J connectivity index is 1.88. The molecular weight excluding hydrogens is 541 g/mol. The molecule has 0 aliphatic heterocycles. The molecule has 0 saturated carbocycles. The molecule has 0 bridgehead atoms. The number of benzene rings is 3. The molecule has 1 N–H and O–H groups in total. The van der Waals surface area contributed by atoms with Crippen LogP contribution in [0.2, 0.25) is 0 Å². The van der Waals surface area contributed by atoms with Gasteiger partial charge in [0, 0.05) is 32.5 Å². The topological polar surface area (TPSA) is 86.8 Å². The van der Waals surface area contributed by atoms with E-state index in [0.29, 0.717) is 13.0 Å². The number of amides is 2. The van der Waals surface area contributed by atoms with Gasteiger partial charge in [-0.2, -0.15) is 0 Å². The van der Waals surface area contributed by atoms with Gasteiger partial charge in [0.2, 0.25) is 21.8 Å². The van der Waals surface area contributed by atoms with Gasteiger partial charge in [-0.15, -0.1) is 0 Å². The number of nitrogens with zero attached hydrogens (tertiary/aromatic N) is 2. The van der Waals surface area contributed by atoms with E-state index in [0.717, 1.165) is 40.1 Å². The molecule has 0 aliphatic rings. The zero-order chi connectivity index (χ0) is 29.8. The summed E-state index contributed by atoms with van der Waals surface area (Å²) >= 11 is 0. The van der Waals surface area contributed by atoms with Gasteiger partial charge < -0.3 is 10.2 Å². The SMILES string of the molecule is CCCCNC(=O)C(Cc1ccccc1)N(Cc1ccccc1C)C(=O)CCCN(c1ccccc1F)S(C)(=O)=O. The summed E-state index contributed by atoms with van der Waals surface area (Å²) in [6.07, 6.45) is 3.24. The number of unbranched alkanes of at least 4 members (excludes halogenated alkanes) is 1. The molecule has 1 unspecified atom stereocenters. The van der Waals surface area contributed by atoms with Gasteiger partial charge in [-0.1, -0.05) is 80.1 Å². The molecule has 41 heavy (non-hydrogen) atoms. The predicted molar refractivity (Wildman–Crippen MR) is 161 cm³/mol. The van der Waals surface area contributed by atoms with Gasteiger partial charge >= 0.3 is 0 Å². The molecule has 0 spiro atoms. The standard InChI is InChI=1S/C32H40FN3O4S/c1-4-5-21-34-32(38)30(23-26-15-7-6-8-16-26)35(24-27-17-10-9-14-25(27)2)31(37)20-13-22-36(41(3,39)40)29-19-12-11-18-28(29)33/h6-12,14-19,30H,4-5,13,20-24H2,1-3H3,(H,34,38). The Morgan fingerprint density at radius 2 is 1.59 bits per heavy atom. The summed E-state index contributed by atoms with van der Waals surface area (Å²) in [6, 6.07) is 22.2. The summed E-state index contributed by atoms with van der Waals surface area (Å²) in [5.74, 6) is -1.16. The Kier molecular flexibility index (Phi) is 11.9. The molecule has 3 aromatic rings. The summed E-state index contributed by atoms with van der Waals surface area (Å²) in [7, 11) is -3.79. The van der Waals surface area contributed by atoms with E-state index in [1.807, 2.05) is 68.4 Å². The monoisotopic (exact) mass is 581 g/mol. The van der Waals surface area contributed by atoms with Crippen molar-refractivity contribution in [3.63, 3.8) is 0 Å². The molecule has 3 rings (SSSR count). The maximum atomic E-state index is 14.5. The number of hydrogen-bond acceptors (Lipinski definition) is 4. The van der Waals surface area contributed by atoms with Crippen LogP contribution in [0.15, 0.2) is 78.9 Å². The minimum atomic E-state index is -3.79. The quantitative estimate of drug-likeness (QED) is 0.249. The molecule has 220 valence electrons. The lowest BCUT2D eigenvalue weighted by Gasteiger charge is -2.32. The van der Waals surface area contributed by atoms with E-state index in [9.17, 15) is 22.4 Å². The average molecular weight is 582 g/mol. The zero-order valence-electron chi connectivity index (χ0n) is 24.1. The number of rotatable bonds is 15. The maximum Gasteiger partial charge on any atom is 0.243 e. The van der Waals surface area contributed by atoms with Crippen molar-refractivity contribution in [2.45, 2.75) is 58.5 Å². The molecule has 2 amide bonds. The minimum absolute atomic E-state index is 0.0140. The largest absolute Gasteiger partial charge is 0.354 e. The van der Waals surface area contributed by atoms with Gasteiger partial charge in [0.25, 0.3) is 0 Å². The fraction of sp³-hybridized carbons (Fsp3) is 0.375. The van der Waals surface area contributed by atoms with Crippen LogP contribution >= 0.6 is 0 Å². The third-order valence-electron chi connectivity index (χ3n) is 6.98. The first kappa shape index (κ1) is 31.8. The fourth-order valence-electron chi connectivity index (χ4n) is 4.67. The Morgan fingerprint density at radius 3 is 2.24 bits per heavy atom. The summed E-state index contributed by atoms with van der Waals surface area (Å²) in [6.45, 7) is 4.68. The Labute approximate surface area is 243 Å². The van der Waals surface area contributed by atoms with Crippen molar-refractivity contribution in [3.05, 3.63) is 101 Å². The van der Waals surface area contributed by atoms with E-state index < -0.39 is 21.9 Å². The van der Waals surface area contributed by atoms with Gasteiger partial charge in [-0.25, -0.2) is 12.8 Å². The number of halogens is 1. The van der Waals surface area contributed by atoms with Crippen LogP contribution in [0.4, 0.5) is 10.1 Å². The molecule has 0 saturated heterocycles. The summed E-state index contributed by atoms with van der Waals surface area (Å²) in [5.41, 5.74) is 2.78. The first-order chi connectivity index (χ1) is 19.6. The van der Waals surface area contributed by atoms with Crippen molar-refractivity contribution in [1.82, 2.24) is 10.2 Å². The number of hydrogen-bond donors (Lipinski definition) is 1. The molecule has 0 heterocycles. The van der Waals surface area contributed by atoms with Crippen molar-refractivity contribution in [1.29, 1.82) is 0 Å². The number of nitrogens with one attached hydrogen (secondary N) is 1. The molecule has 3 aromatic carbocycles. The van der Waals surface area contributed by atoms with E-state index in [1.54, 1.807) is 11.0 Å². The van der Waals surface area contributed by atoms with Crippen LogP contribution in [0, 0.1) is 12.7 Å². The lowest BCUT2D eigenvalue weighted by molar-refractivity contribution is -0.141. The zero-order valence-corrected chi connectivity index (χ0v) is 24.9. The van der Waals surface area contributed by atoms with Crippen molar-refractivity contribution >= 4 is 27.5 Å². The van der Waals surface area contributed by atoms with Gasteiger partial charge in [0.05, 0.1) is 11.9 Å². The van der Waals surface area contributed by atoms with Crippen LogP contribution in [0.5, 0.6) is 0 Å². The van der Waals surface area contributed by atoms with E-state index in [2.05, 4.69) is 5.32 Å². The van der Waals surface area contributed by atoms with Crippen molar-refractivity contribution in [2.24, 2.45) is 0 Å². The van der Waals surface area contributed by atoms with Crippen LogP contribution in [0.25, 0.3) is 0 Å². The fourth-order valence-corrected chi connectivity index (χ4v) is 5.63. The Hall–Kier alpha value is -3.72. The number of para-hydroxylation sites is 1. The highest BCUT2D eigenvalue weighted by atomic mass is 32.2. The second kappa shape index (κ2) is 15.3. The molecule has 9 heteroatoms. The van der Waals surface area contributed by atoms with Crippen LogP contribution < -0.4 is 9.62 Å². The van der Waals surface area contributed by atoms with Crippen molar-refractivity contribution in [3.8, 4) is 0 Å². The lowest BCUT2D eigenvalue weighted by Crippen LogP contribution is -2.50. The van der Waals surface area contributed by atoms with Crippen LogP contribution in [0.1, 0.15) is 49.3 Å². The number of aryl methyl sites for hydroxylation is 1. The first-order valence-electron chi connectivity index (χ1n) is 14.0. The number of carbonyl (C=O) groups excluding carboxylic acids is 2. The van der Waals surface area contributed by atoms with E-state index in [-0.39, 0.29) is 43.4 Å². The van der Waals surface area contributed by atoms with Crippen molar-refractivity contribution < 1.29 is 22.4 Å². The summed E-state index contributed by atoms with van der Waals surface area (Å²) in [4.78, 5) is 29.0. The second-order valence-electron chi connectivity index (χ2n) is 10.2. The highest BCUT2D eigenvalue weighted by molar-refractivity contribution is 7.92. The van der Waals surface area contributed by atoms with Crippen LogP contribution in [-0.4, -0.2) is 50.5 Å². The second-order valence-corrected chi connectivity index (χ2v) is 12.1. The molecule has 0 fully saturated rings. The van der Waals surface area contributed by atoms with E-state index >= 15 is 0 Å². The van der Waals surface area contributed by atoms with Crippen molar-refractivity contribution in [2.75, 3.05) is 23.7 Å². The Morgan fingerprint density at radius 1 is 0.927 bits per heavy atom. The van der Waals surface area contributed by atoms with Crippen LogP contribution in [0.3, 0.4) is 0 Å². The lowest BCUT2D eigenvalue weighted by atomic mass is 10.0.